The normalized spacial score (nSPS) is 16.7. The SMILES string of the molecule is COc1ccc2nccc(N3CCCC(C(=O)Nc4nc5ccccc5s4)C3)c2c1. The summed E-state index contributed by atoms with van der Waals surface area (Å²) >= 11 is 1.51. The van der Waals surface area contributed by atoms with E-state index < -0.39 is 0 Å². The molecule has 30 heavy (non-hydrogen) atoms. The quantitative estimate of drug-likeness (QED) is 0.520. The van der Waals surface area contributed by atoms with Gasteiger partial charge in [-0.3, -0.25) is 9.78 Å². The molecule has 0 saturated carbocycles. The summed E-state index contributed by atoms with van der Waals surface area (Å²) in [4.78, 5) is 24.3. The molecule has 152 valence electrons. The summed E-state index contributed by atoms with van der Waals surface area (Å²) in [5, 5.41) is 4.75. The van der Waals surface area contributed by atoms with Gasteiger partial charge in [0.2, 0.25) is 5.91 Å². The van der Waals surface area contributed by atoms with Crippen molar-refractivity contribution in [2.24, 2.45) is 5.92 Å². The highest BCUT2D eigenvalue weighted by molar-refractivity contribution is 7.22. The van der Waals surface area contributed by atoms with Crippen molar-refractivity contribution in [1.82, 2.24) is 9.97 Å². The number of piperidine rings is 1. The lowest BCUT2D eigenvalue weighted by Crippen LogP contribution is -2.40. The Balaban J connectivity index is 1.37. The van der Waals surface area contributed by atoms with E-state index in [-0.39, 0.29) is 11.8 Å². The standard InChI is InChI=1S/C23H22N4O2S/c1-29-16-8-9-18-17(13-16)20(10-11-24-18)27-12-4-5-15(14-27)22(28)26-23-25-19-6-2-3-7-21(19)30-23/h2-3,6-11,13,15H,4-5,12,14H2,1H3,(H,25,26,28). The third kappa shape index (κ3) is 3.57. The van der Waals surface area contributed by atoms with Gasteiger partial charge in [0.05, 0.1) is 28.8 Å². The molecule has 1 unspecified atom stereocenters. The van der Waals surface area contributed by atoms with Crippen LogP contribution >= 0.6 is 11.3 Å². The van der Waals surface area contributed by atoms with Crippen LogP contribution in [0, 0.1) is 5.92 Å². The first-order valence-corrected chi connectivity index (χ1v) is 10.9. The average Bonchev–Trinajstić information content (AvgIpc) is 3.20. The number of para-hydroxylation sites is 1. The number of amides is 1. The van der Waals surface area contributed by atoms with Crippen molar-refractivity contribution < 1.29 is 9.53 Å². The monoisotopic (exact) mass is 418 g/mol. The number of methoxy groups -OCH3 is 1. The van der Waals surface area contributed by atoms with Crippen LogP contribution in [0.15, 0.2) is 54.7 Å². The molecule has 0 bridgehead atoms. The molecule has 1 fully saturated rings. The van der Waals surface area contributed by atoms with E-state index in [2.05, 4.69) is 20.2 Å². The van der Waals surface area contributed by atoms with Crippen LogP contribution in [0.1, 0.15) is 12.8 Å². The molecule has 4 aromatic rings. The zero-order valence-corrected chi connectivity index (χ0v) is 17.5. The van der Waals surface area contributed by atoms with Gasteiger partial charge in [-0.25, -0.2) is 4.98 Å². The molecule has 0 radical (unpaired) electrons. The Labute approximate surface area is 178 Å². The Hall–Kier alpha value is -3.19. The number of aromatic nitrogens is 2. The number of carbonyl (C=O) groups excluding carboxylic acids is 1. The van der Waals surface area contributed by atoms with Crippen LogP contribution in [-0.4, -0.2) is 36.1 Å². The lowest BCUT2D eigenvalue weighted by molar-refractivity contribution is -0.120. The number of nitrogens with zero attached hydrogens (tertiary/aromatic N) is 3. The maximum Gasteiger partial charge on any atom is 0.231 e. The number of hydrogen-bond acceptors (Lipinski definition) is 6. The molecule has 6 nitrogen and oxygen atoms in total. The fourth-order valence-electron chi connectivity index (χ4n) is 4.06. The molecule has 2 aromatic heterocycles. The molecule has 0 aliphatic carbocycles. The van der Waals surface area contributed by atoms with Crippen LogP contribution in [-0.2, 0) is 4.79 Å². The van der Waals surface area contributed by atoms with Crippen LogP contribution < -0.4 is 15.0 Å². The number of pyridine rings is 1. The summed E-state index contributed by atoms with van der Waals surface area (Å²) in [5.41, 5.74) is 2.94. The van der Waals surface area contributed by atoms with Gasteiger partial charge in [0, 0.05) is 30.4 Å². The highest BCUT2D eigenvalue weighted by Crippen LogP contribution is 2.32. The first-order valence-electron chi connectivity index (χ1n) is 10.1. The molecule has 1 aliphatic heterocycles. The van der Waals surface area contributed by atoms with E-state index in [9.17, 15) is 4.79 Å². The first-order chi connectivity index (χ1) is 14.7. The van der Waals surface area contributed by atoms with E-state index in [0.717, 1.165) is 51.9 Å². The fraction of sp³-hybridized carbons (Fsp3) is 0.261. The van der Waals surface area contributed by atoms with Crippen LogP contribution in [0.3, 0.4) is 0 Å². The molecular weight excluding hydrogens is 396 g/mol. The van der Waals surface area contributed by atoms with Crippen molar-refractivity contribution >= 4 is 49.2 Å². The molecule has 1 atom stereocenters. The predicted molar refractivity (Wildman–Crippen MR) is 121 cm³/mol. The van der Waals surface area contributed by atoms with Crippen molar-refractivity contribution in [3.63, 3.8) is 0 Å². The maximum absolute atomic E-state index is 13.0. The van der Waals surface area contributed by atoms with Gasteiger partial charge in [-0.2, -0.15) is 0 Å². The number of rotatable bonds is 4. The van der Waals surface area contributed by atoms with Crippen LogP contribution in [0.5, 0.6) is 5.75 Å². The van der Waals surface area contributed by atoms with Crippen LogP contribution in [0.2, 0.25) is 0 Å². The van der Waals surface area contributed by atoms with Crippen molar-refractivity contribution in [3.8, 4) is 5.75 Å². The third-order valence-electron chi connectivity index (χ3n) is 5.58. The molecule has 5 rings (SSSR count). The van der Waals surface area contributed by atoms with Crippen LogP contribution in [0.4, 0.5) is 10.8 Å². The first kappa shape index (κ1) is 18.8. The topological polar surface area (TPSA) is 67.3 Å². The highest BCUT2D eigenvalue weighted by atomic mass is 32.1. The van der Waals surface area contributed by atoms with Gasteiger partial charge in [0.15, 0.2) is 5.13 Å². The number of hydrogen-bond donors (Lipinski definition) is 1. The average molecular weight is 419 g/mol. The van der Waals surface area contributed by atoms with Gasteiger partial charge in [-0.15, -0.1) is 0 Å². The molecule has 3 heterocycles. The zero-order valence-electron chi connectivity index (χ0n) is 16.7. The molecule has 1 saturated heterocycles. The number of fused-ring (bicyclic) bond motifs is 2. The number of thiazole rings is 1. The minimum Gasteiger partial charge on any atom is -0.497 e. The van der Waals surface area contributed by atoms with Gasteiger partial charge in [0.1, 0.15) is 5.75 Å². The maximum atomic E-state index is 13.0. The van der Waals surface area contributed by atoms with Gasteiger partial charge in [0.25, 0.3) is 0 Å². The third-order valence-corrected chi connectivity index (χ3v) is 6.53. The molecule has 2 aromatic carbocycles. The second-order valence-electron chi connectivity index (χ2n) is 7.47. The van der Waals surface area contributed by atoms with Crippen molar-refractivity contribution in [3.05, 3.63) is 54.7 Å². The Bertz CT molecular complexity index is 1190. The van der Waals surface area contributed by atoms with E-state index in [1.807, 2.05) is 54.7 Å². The molecule has 0 spiro atoms. The number of ether oxygens (including phenoxy) is 1. The van der Waals surface area contributed by atoms with E-state index in [4.69, 9.17) is 4.74 Å². The van der Waals surface area contributed by atoms with Gasteiger partial charge < -0.3 is 15.0 Å². The van der Waals surface area contributed by atoms with Crippen LogP contribution in [0.25, 0.3) is 21.1 Å². The van der Waals surface area contributed by atoms with Crippen molar-refractivity contribution in [2.75, 3.05) is 30.4 Å². The minimum atomic E-state index is -0.0837. The number of benzene rings is 2. The molecule has 7 heteroatoms. The van der Waals surface area contributed by atoms with Gasteiger partial charge in [-0.1, -0.05) is 23.5 Å². The van der Waals surface area contributed by atoms with E-state index in [1.165, 1.54) is 11.3 Å². The largest absolute Gasteiger partial charge is 0.497 e. The lowest BCUT2D eigenvalue weighted by Gasteiger charge is -2.34. The van der Waals surface area contributed by atoms with Gasteiger partial charge >= 0.3 is 0 Å². The zero-order chi connectivity index (χ0) is 20.5. The number of carbonyl (C=O) groups is 1. The summed E-state index contributed by atoms with van der Waals surface area (Å²) in [7, 11) is 1.67. The van der Waals surface area contributed by atoms with E-state index in [0.29, 0.717) is 11.7 Å². The Morgan fingerprint density at radius 3 is 2.97 bits per heavy atom. The number of nitrogens with one attached hydrogen (secondary N) is 1. The van der Waals surface area contributed by atoms with Gasteiger partial charge in [-0.05, 0) is 49.2 Å². The van der Waals surface area contributed by atoms with Crippen molar-refractivity contribution in [2.45, 2.75) is 12.8 Å². The molecule has 1 N–H and O–H groups in total. The number of anilines is 2. The summed E-state index contributed by atoms with van der Waals surface area (Å²) in [6.07, 6.45) is 3.67. The Morgan fingerprint density at radius 1 is 1.20 bits per heavy atom. The predicted octanol–water partition coefficient (Wildman–Crippen LogP) is 4.71. The highest BCUT2D eigenvalue weighted by Gasteiger charge is 2.27. The lowest BCUT2D eigenvalue weighted by atomic mass is 9.96. The molecule has 1 aliphatic rings. The summed E-state index contributed by atoms with van der Waals surface area (Å²) in [5.74, 6) is 0.758. The summed E-state index contributed by atoms with van der Waals surface area (Å²) in [6, 6.07) is 15.9. The molecule has 1 amide bonds. The van der Waals surface area contributed by atoms with E-state index >= 15 is 0 Å². The summed E-state index contributed by atoms with van der Waals surface area (Å²) in [6.45, 7) is 1.59. The second-order valence-corrected chi connectivity index (χ2v) is 8.50. The minimum absolute atomic E-state index is 0.0368. The smallest absolute Gasteiger partial charge is 0.231 e. The fourth-order valence-corrected chi connectivity index (χ4v) is 4.93. The Kier molecular flexibility index (Phi) is 4.96. The van der Waals surface area contributed by atoms with Crippen molar-refractivity contribution in [1.29, 1.82) is 0 Å². The van der Waals surface area contributed by atoms with E-state index in [1.54, 1.807) is 7.11 Å². The summed E-state index contributed by atoms with van der Waals surface area (Å²) < 4.78 is 6.48. The second kappa shape index (κ2) is 7.91. The molecular formula is C23H22N4O2S. The Morgan fingerprint density at radius 2 is 2.10 bits per heavy atom.